The smallest absolute Gasteiger partial charge is 0.171 e. The number of rotatable bonds is 4. The molecule has 5 heteroatoms. The molecule has 2 aromatic heterocycles. The molecule has 0 atom stereocenters. The fourth-order valence-electron chi connectivity index (χ4n) is 4.18. The third-order valence-electron chi connectivity index (χ3n) is 4.80. The molecular formula is C16H24ClIN2Si. The Morgan fingerprint density at radius 3 is 2.10 bits per heavy atom. The lowest BCUT2D eigenvalue weighted by Crippen LogP contribution is -2.51. The molecule has 0 unspecified atom stereocenters. The molecule has 0 amide bonds. The summed E-state index contributed by atoms with van der Waals surface area (Å²) in [6, 6.07) is 2.14. The van der Waals surface area contributed by atoms with E-state index < -0.39 is 8.24 Å². The first-order valence-electron chi connectivity index (χ1n) is 7.56. The number of hydrogen-bond donors (Lipinski definition) is 0. The van der Waals surface area contributed by atoms with E-state index in [1.807, 2.05) is 6.20 Å². The zero-order chi connectivity index (χ0) is 15.9. The summed E-state index contributed by atoms with van der Waals surface area (Å²) in [5.74, 6) is 0. The van der Waals surface area contributed by atoms with Crippen LogP contribution >= 0.6 is 34.2 Å². The maximum atomic E-state index is 6.48. The Balaban J connectivity index is 2.81. The minimum Gasteiger partial charge on any atom is -0.359 e. The minimum atomic E-state index is -1.76. The van der Waals surface area contributed by atoms with Gasteiger partial charge in [-0.25, -0.2) is 4.98 Å². The van der Waals surface area contributed by atoms with Gasteiger partial charge in [0.1, 0.15) is 5.65 Å². The quantitative estimate of drug-likeness (QED) is 0.407. The van der Waals surface area contributed by atoms with E-state index in [1.54, 1.807) is 0 Å². The second kappa shape index (κ2) is 6.20. The zero-order valence-corrected chi connectivity index (χ0v) is 17.5. The van der Waals surface area contributed by atoms with Gasteiger partial charge in [-0.15, -0.1) is 0 Å². The van der Waals surface area contributed by atoms with Crippen molar-refractivity contribution in [1.82, 2.24) is 9.22 Å². The van der Waals surface area contributed by atoms with E-state index in [2.05, 4.69) is 80.6 Å². The van der Waals surface area contributed by atoms with E-state index in [4.69, 9.17) is 16.6 Å². The second-order valence-electron chi connectivity index (χ2n) is 6.69. The molecular weight excluding hydrogens is 411 g/mol. The normalized spacial score (nSPS) is 13.1. The lowest BCUT2D eigenvalue weighted by molar-refractivity contribution is 0.770. The largest absolute Gasteiger partial charge is 0.359 e. The average Bonchev–Trinajstić information content (AvgIpc) is 2.78. The van der Waals surface area contributed by atoms with Crippen LogP contribution in [0.5, 0.6) is 0 Å². The molecule has 0 saturated heterocycles. The highest BCUT2D eigenvalue weighted by atomic mass is 127. The first kappa shape index (κ1) is 17.3. The van der Waals surface area contributed by atoms with Crippen LogP contribution in [0.3, 0.4) is 0 Å². The summed E-state index contributed by atoms with van der Waals surface area (Å²) in [4.78, 5) is 4.72. The van der Waals surface area contributed by atoms with Crippen molar-refractivity contribution in [3.8, 4) is 0 Å². The lowest BCUT2D eigenvalue weighted by atomic mass is 10.3. The van der Waals surface area contributed by atoms with E-state index in [0.717, 1.165) is 19.6 Å². The SMILES string of the molecule is CC(C)[Si](C(C)C)(C(C)C)n1ccc2c(Cl)c(I)cnc21. The molecule has 0 aromatic carbocycles. The second-order valence-corrected chi connectivity index (χ2v) is 14.0. The van der Waals surface area contributed by atoms with Crippen LogP contribution < -0.4 is 0 Å². The van der Waals surface area contributed by atoms with Crippen molar-refractivity contribution in [3.63, 3.8) is 0 Å². The highest BCUT2D eigenvalue weighted by Gasteiger charge is 2.46. The number of hydrogen-bond acceptors (Lipinski definition) is 1. The molecule has 0 saturated carbocycles. The minimum absolute atomic E-state index is 0.646. The third-order valence-corrected chi connectivity index (χ3v) is 13.1. The highest BCUT2D eigenvalue weighted by Crippen LogP contribution is 2.44. The van der Waals surface area contributed by atoms with Gasteiger partial charge < -0.3 is 4.23 Å². The lowest BCUT2D eigenvalue weighted by Gasteiger charge is -2.44. The first-order valence-corrected chi connectivity index (χ1v) is 11.2. The van der Waals surface area contributed by atoms with Crippen LogP contribution in [0.2, 0.25) is 21.6 Å². The van der Waals surface area contributed by atoms with Crippen molar-refractivity contribution < 1.29 is 0 Å². The number of nitrogens with zero attached hydrogens (tertiary/aromatic N) is 2. The molecule has 0 bridgehead atoms. The monoisotopic (exact) mass is 434 g/mol. The first-order chi connectivity index (χ1) is 9.74. The predicted molar refractivity (Wildman–Crippen MR) is 104 cm³/mol. The highest BCUT2D eigenvalue weighted by molar-refractivity contribution is 14.1. The van der Waals surface area contributed by atoms with Crippen LogP contribution in [0.25, 0.3) is 11.0 Å². The predicted octanol–water partition coefficient (Wildman–Crippen LogP) is 6.32. The summed E-state index contributed by atoms with van der Waals surface area (Å²) >= 11 is 8.73. The molecule has 0 spiro atoms. The van der Waals surface area contributed by atoms with Gasteiger partial charge in [0.2, 0.25) is 0 Å². The molecule has 0 aliphatic heterocycles. The Kier molecular flexibility index (Phi) is 5.10. The number of aromatic nitrogens is 2. The van der Waals surface area contributed by atoms with E-state index >= 15 is 0 Å². The Labute approximate surface area is 147 Å². The molecule has 0 N–H and O–H groups in total. The molecule has 116 valence electrons. The van der Waals surface area contributed by atoms with Crippen LogP contribution in [0.15, 0.2) is 18.5 Å². The molecule has 21 heavy (non-hydrogen) atoms. The molecule has 2 nitrogen and oxygen atoms in total. The number of pyridine rings is 1. The summed E-state index contributed by atoms with van der Waals surface area (Å²) in [7, 11) is -1.76. The molecule has 2 aromatic rings. The summed E-state index contributed by atoms with van der Waals surface area (Å²) in [5.41, 5.74) is 3.00. The maximum absolute atomic E-state index is 6.48. The summed E-state index contributed by atoms with van der Waals surface area (Å²) in [6.45, 7) is 14.2. The van der Waals surface area contributed by atoms with Crippen LogP contribution in [0.1, 0.15) is 41.5 Å². The Hall–Kier alpha value is -0.0731. The van der Waals surface area contributed by atoms with E-state index in [-0.39, 0.29) is 0 Å². The molecule has 2 rings (SSSR count). The van der Waals surface area contributed by atoms with Gasteiger partial charge in [-0.05, 0) is 51.5 Å². The van der Waals surface area contributed by atoms with Crippen molar-refractivity contribution in [2.75, 3.05) is 0 Å². The van der Waals surface area contributed by atoms with Crippen LogP contribution in [-0.2, 0) is 0 Å². The Morgan fingerprint density at radius 1 is 1.10 bits per heavy atom. The van der Waals surface area contributed by atoms with Gasteiger partial charge in [-0.2, -0.15) is 0 Å². The molecule has 0 fully saturated rings. The fourth-order valence-corrected chi connectivity index (χ4v) is 11.4. The van der Waals surface area contributed by atoms with Crippen molar-refractivity contribution in [3.05, 3.63) is 27.1 Å². The Bertz CT molecular complexity index is 627. The van der Waals surface area contributed by atoms with Crippen molar-refractivity contribution in [1.29, 1.82) is 0 Å². The molecule has 0 aliphatic carbocycles. The number of fused-ring (bicyclic) bond motifs is 1. The topological polar surface area (TPSA) is 17.8 Å². The molecule has 0 aliphatic rings. The van der Waals surface area contributed by atoms with Crippen LogP contribution in [0.4, 0.5) is 0 Å². The Morgan fingerprint density at radius 2 is 1.62 bits per heavy atom. The summed E-state index contributed by atoms with van der Waals surface area (Å²) in [6.07, 6.45) is 4.12. The van der Waals surface area contributed by atoms with Gasteiger partial charge in [-0.1, -0.05) is 53.1 Å². The van der Waals surface area contributed by atoms with Crippen LogP contribution in [0, 0.1) is 3.57 Å². The van der Waals surface area contributed by atoms with Gasteiger partial charge in [0, 0.05) is 11.6 Å². The van der Waals surface area contributed by atoms with Crippen molar-refractivity contribution in [2.45, 2.75) is 58.2 Å². The zero-order valence-electron chi connectivity index (χ0n) is 13.6. The van der Waals surface area contributed by atoms with E-state index in [1.165, 1.54) is 0 Å². The molecule has 0 radical (unpaired) electrons. The van der Waals surface area contributed by atoms with Crippen molar-refractivity contribution >= 4 is 53.5 Å². The number of halogens is 2. The summed E-state index contributed by atoms with van der Waals surface area (Å²) < 4.78 is 3.52. The molecule has 2 heterocycles. The van der Waals surface area contributed by atoms with E-state index in [0.29, 0.717) is 16.6 Å². The van der Waals surface area contributed by atoms with Gasteiger partial charge >= 0.3 is 0 Å². The van der Waals surface area contributed by atoms with Gasteiger partial charge in [0.25, 0.3) is 0 Å². The average molecular weight is 435 g/mol. The van der Waals surface area contributed by atoms with Gasteiger partial charge in [0.05, 0.1) is 8.59 Å². The van der Waals surface area contributed by atoms with Gasteiger partial charge in [-0.3, -0.25) is 0 Å². The van der Waals surface area contributed by atoms with Crippen molar-refractivity contribution in [2.24, 2.45) is 0 Å². The van der Waals surface area contributed by atoms with Crippen LogP contribution in [-0.4, -0.2) is 17.5 Å². The maximum Gasteiger partial charge on any atom is 0.171 e. The fraction of sp³-hybridized carbons (Fsp3) is 0.562. The van der Waals surface area contributed by atoms with Gasteiger partial charge in [0.15, 0.2) is 8.24 Å². The standard InChI is InChI=1S/C16H24ClIN2Si/c1-10(2)21(11(3)4,12(5)6)20-8-7-13-15(17)14(18)9-19-16(13)20/h7-12H,1-6H3. The van der Waals surface area contributed by atoms with E-state index in [9.17, 15) is 0 Å². The summed E-state index contributed by atoms with van der Waals surface area (Å²) in [5, 5.41) is 1.92. The third kappa shape index (κ3) is 2.57.